The number of nitrogens with zero attached hydrogens (tertiary/aromatic N) is 3. The number of amides is 2. The van der Waals surface area contributed by atoms with E-state index >= 15 is 0 Å². The Labute approximate surface area is 181 Å². The van der Waals surface area contributed by atoms with Gasteiger partial charge in [-0.2, -0.15) is 4.98 Å². The summed E-state index contributed by atoms with van der Waals surface area (Å²) in [5.74, 6) is 0.967. The Kier molecular flexibility index (Phi) is 4.94. The van der Waals surface area contributed by atoms with E-state index < -0.39 is 0 Å². The molecule has 1 aliphatic heterocycles. The molecule has 0 saturated heterocycles. The van der Waals surface area contributed by atoms with Crippen LogP contribution < -0.4 is 5.32 Å². The predicted molar refractivity (Wildman–Crippen MR) is 118 cm³/mol. The van der Waals surface area contributed by atoms with Crippen molar-refractivity contribution in [3.05, 3.63) is 87.4 Å². The SMILES string of the molecule is CC1=C(c2nc(-c3cccs3)no2)C(c2ccccc2)NC(=O)N1Cc1cccs1. The fraction of sp³-hybridized carbons (Fsp3) is 0.136. The summed E-state index contributed by atoms with van der Waals surface area (Å²) >= 11 is 3.18. The lowest BCUT2D eigenvalue weighted by atomic mass is 9.94. The van der Waals surface area contributed by atoms with Crippen molar-refractivity contribution >= 4 is 34.3 Å². The molecule has 2 amide bonds. The topological polar surface area (TPSA) is 71.3 Å². The molecule has 1 N–H and O–H groups in total. The average molecular weight is 435 g/mol. The summed E-state index contributed by atoms with van der Waals surface area (Å²) in [6.45, 7) is 2.43. The van der Waals surface area contributed by atoms with Crippen LogP contribution in [0.3, 0.4) is 0 Å². The van der Waals surface area contributed by atoms with Crippen LogP contribution in [0.4, 0.5) is 4.79 Å². The first-order chi connectivity index (χ1) is 14.7. The molecule has 0 spiro atoms. The third-order valence-corrected chi connectivity index (χ3v) is 6.75. The van der Waals surface area contributed by atoms with Gasteiger partial charge in [0.2, 0.25) is 5.82 Å². The number of hydrogen-bond donors (Lipinski definition) is 1. The number of allylic oxidation sites excluding steroid dienone is 1. The van der Waals surface area contributed by atoms with Gasteiger partial charge in [-0.3, -0.25) is 4.90 Å². The maximum Gasteiger partial charge on any atom is 0.322 e. The summed E-state index contributed by atoms with van der Waals surface area (Å²) in [5, 5.41) is 11.3. The third kappa shape index (κ3) is 3.44. The van der Waals surface area contributed by atoms with Gasteiger partial charge in [-0.05, 0) is 35.4 Å². The van der Waals surface area contributed by atoms with E-state index in [4.69, 9.17) is 4.52 Å². The summed E-state index contributed by atoms with van der Waals surface area (Å²) in [5.41, 5.74) is 2.59. The van der Waals surface area contributed by atoms with Gasteiger partial charge in [0.05, 0.1) is 23.0 Å². The third-order valence-electron chi connectivity index (χ3n) is 5.02. The van der Waals surface area contributed by atoms with Crippen molar-refractivity contribution in [2.24, 2.45) is 0 Å². The monoisotopic (exact) mass is 434 g/mol. The van der Waals surface area contributed by atoms with E-state index in [1.54, 1.807) is 27.6 Å². The van der Waals surface area contributed by atoms with Crippen molar-refractivity contribution in [2.45, 2.75) is 19.5 Å². The van der Waals surface area contributed by atoms with Crippen LogP contribution in [0.15, 0.2) is 75.6 Å². The molecule has 0 radical (unpaired) electrons. The first kappa shape index (κ1) is 18.8. The first-order valence-electron chi connectivity index (χ1n) is 9.45. The molecule has 0 bridgehead atoms. The van der Waals surface area contributed by atoms with E-state index in [0.717, 1.165) is 26.6 Å². The van der Waals surface area contributed by atoms with Gasteiger partial charge < -0.3 is 9.84 Å². The molecular formula is C22H18N4O2S2. The van der Waals surface area contributed by atoms with E-state index in [1.807, 2.05) is 72.3 Å². The number of urea groups is 1. The predicted octanol–water partition coefficient (Wildman–Crippen LogP) is 5.56. The zero-order valence-electron chi connectivity index (χ0n) is 16.1. The number of thiophene rings is 2. The van der Waals surface area contributed by atoms with Crippen LogP contribution in [0.5, 0.6) is 0 Å². The quantitative estimate of drug-likeness (QED) is 0.447. The zero-order chi connectivity index (χ0) is 20.5. The Morgan fingerprint density at radius 1 is 1.07 bits per heavy atom. The number of aromatic nitrogens is 2. The number of nitrogens with one attached hydrogen (secondary N) is 1. The van der Waals surface area contributed by atoms with Crippen molar-refractivity contribution in [1.29, 1.82) is 0 Å². The molecule has 4 aromatic rings. The van der Waals surface area contributed by atoms with Crippen LogP contribution in [-0.2, 0) is 6.54 Å². The van der Waals surface area contributed by atoms with E-state index in [9.17, 15) is 4.79 Å². The minimum Gasteiger partial charge on any atom is -0.334 e. The molecule has 30 heavy (non-hydrogen) atoms. The van der Waals surface area contributed by atoms with Gasteiger partial charge in [-0.1, -0.05) is 47.6 Å². The van der Waals surface area contributed by atoms with E-state index in [2.05, 4.69) is 15.5 Å². The largest absolute Gasteiger partial charge is 0.334 e. The summed E-state index contributed by atoms with van der Waals surface area (Å²) in [4.78, 5) is 21.4. The molecule has 5 rings (SSSR count). The highest BCUT2D eigenvalue weighted by molar-refractivity contribution is 7.13. The van der Waals surface area contributed by atoms with Crippen LogP contribution in [0.2, 0.25) is 0 Å². The second kappa shape index (κ2) is 7.89. The second-order valence-corrected chi connectivity index (χ2v) is 8.84. The highest BCUT2D eigenvalue weighted by Crippen LogP contribution is 2.38. The van der Waals surface area contributed by atoms with Gasteiger partial charge in [0.25, 0.3) is 5.89 Å². The fourth-order valence-electron chi connectivity index (χ4n) is 3.54. The fourth-order valence-corrected chi connectivity index (χ4v) is 4.88. The highest BCUT2D eigenvalue weighted by atomic mass is 32.1. The van der Waals surface area contributed by atoms with Gasteiger partial charge in [0.15, 0.2) is 0 Å². The van der Waals surface area contributed by atoms with Crippen molar-refractivity contribution < 1.29 is 9.32 Å². The van der Waals surface area contributed by atoms with E-state index in [-0.39, 0.29) is 12.1 Å². The average Bonchev–Trinajstić information content (AvgIpc) is 3.54. The number of carbonyl (C=O) groups is 1. The maximum atomic E-state index is 13.0. The highest BCUT2D eigenvalue weighted by Gasteiger charge is 2.35. The lowest BCUT2D eigenvalue weighted by Crippen LogP contribution is -2.45. The van der Waals surface area contributed by atoms with Crippen molar-refractivity contribution in [3.8, 4) is 10.7 Å². The molecule has 0 saturated carbocycles. The molecular weight excluding hydrogens is 416 g/mol. The normalized spacial score (nSPS) is 16.8. The van der Waals surface area contributed by atoms with Crippen LogP contribution in [0.25, 0.3) is 16.3 Å². The molecule has 6 nitrogen and oxygen atoms in total. The lowest BCUT2D eigenvalue weighted by Gasteiger charge is -2.35. The first-order valence-corrected chi connectivity index (χ1v) is 11.2. The molecule has 8 heteroatoms. The van der Waals surface area contributed by atoms with Gasteiger partial charge in [-0.15, -0.1) is 22.7 Å². The van der Waals surface area contributed by atoms with E-state index in [1.165, 1.54) is 0 Å². The molecule has 0 aliphatic carbocycles. The summed E-state index contributed by atoms with van der Waals surface area (Å²) in [6.07, 6.45) is 0. The Balaban J connectivity index is 1.61. The molecule has 3 aromatic heterocycles. The lowest BCUT2D eigenvalue weighted by molar-refractivity contribution is 0.203. The molecule has 1 aliphatic rings. The summed E-state index contributed by atoms with van der Waals surface area (Å²) in [7, 11) is 0. The molecule has 1 atom stereocenters. The molecule has 0 fully saturated rings. The number of hydrogen-bond acceptors (Lipinski definition) is 6. The maximum absolute atomic E-state index is 13.0. The molecule has 1 unspecified atom stereocenters. The van der Waals surface area contributed by atoms with Crippen LogP contribution in [-0.4, -0.2) is 21.1 Å². The van der Waals surface area contributed by atoms with Crippen molar-refractivity contribution in [3.63, 3.8) is 0 Å². The zero-order valence-corrected chi connectivity index (χ0v) is 17.7. The number of carbonyl (C=O) groups excluding carboxylic acids is 1. The van der Waals surface area contributed by atoms with Crippen LogP contribution in [0.1, 0.15) is 29.3 Å². The Morgan fingerprint density at radius 2 is 1.87 bits per heavy atom. The van der Waals surface area contributed by atoms with Gasteiger partial charge >= 0.3 is 6.03 Å². The molecule has 1 aromatic carbocycles. The van der Waals surface area contributed by atoms with Gasteiger partial charge in [-0.25, -0.2) is 4.79 Å². The standard InChI is InChI=1S/C22H18N4O2S2/c1-14-18(21-24-20(25-28-21)17-10-6-12-30-17)19(15-7-3-2-4-8-15)23-22(27)26(14)13-16-9-5-11-29-16/h2-12,19H,13H2,1H3,(H,23,27). The summed E-state index contributed by atoms with van der Waals surface area (Å²) in [6, 6.07) is 17.3. The Morgan fingerprint density at radius 3 is 2.60 bits per heavy atom. The molecule has 150 valence electrons. The van der Waals surface area contributed by atoms with Gasteiger partial charge in [0, 0.05) is 10.6 Å². The molecule has 4 heterocycles. The van der Waals surface area contributed by atoms with Crippen molar-refractivity contribution in [1.82, 2.24) is 20.4 Å². The van der Waals surface area contributed by atoms with Crippen LogP contribution in [0, 0.1) is 0 Å². The van der Waals surface area contributed by atoms with Gasteiger partial charge in [0.1, 0.15) is 0 Å². The minimum absolute atomic E-state index is 0.142. The van der Waals surface area contributed by atoms with Crippen molar-refractivity contribution in [2.75, 3.05) is 0 Å². The summed E-state index contributed by atoms with van der Waals surface area (Å²) < 4.78 is 5.68. The number of benzene rings is 1. The second-order valence-electron chi connectivity index (χ2n) is 6.86. The minimum atomic E-state index is -0.366. The Hall–Kier alpha value is -3.23. The number of rotatable bonds is 5. The Bertz CT molecular complexity index is 1180. The smallest absolute Gasteiger partial charge is 0.322 e. The van der Waals surface area contributed by atoms with Crippen LogP contribution >= 0.6 is 22.7 Å². The van der Waals surface area contributed by atoms with E-state index in [0.29, 0.717) is 18.3 Å².